The minimum atomic E-state index is -0.314. The van der Waals surface area contributed by atoms with Crippen molar-refractivity contribution in [2.45, 2.75) is 39.2 Å². The van der Waals surface area contributed by atoms with Crippen LogP contribution in [-0.4, -0.2) is 60.5 Å². The molecule has 0 spiro atoms. The second kappa shape index (κ2) is 12.9. The normalized spacial score (nSPS) is 10.8. The molecule has 8 nitrogen and oxygen atoms in total. The fourth-order valence-electron chi connectivity index (χ4n) is 2.90. The zero-order valence-corrected chi connectivity index (χ0v) is 19.5. The molecule has 2 heterocycles. The Morgan fingerprint density at radius 3 is 2.55 bits per heavy atom. The molecule has 0 unspecified atom stereocenters. The minimum Gasteiger partial charge on any atom is -0.396 e. The van der Waals surface area contributed by atoms with Crippen molar-refractivity contribution in [1.29, 1.82) is 0 Å². The van der Waals surface area contributed by atoms with Gasteiger partial charge < -0.3 is 26.2 Å². The van der Waals surface area contributed by atoms with Gasteiger partial charge in [-0.1, -0.05) is 32.3 Å². The second-order valence-corrected chi connectivity index (χ2v) is 8.51. The number of rotatable bonds is 12. The summed E-state index contributed by atoms with van der Waals surface area (Å²) in [6.07, 6.45) is 6.11. The largest absolute Gasteiger partial charge is 0.396 e. The van der Waals surface area contributed by atoms with E-state index in [0.717, 1.165) is 24.9 Å². The van der Waals surface area contributed by atoms with Crippen molar-refractivity contribution in [2.24, 2.45) is 0 Å². The first-order chi connectivity index (χ1) is 14.9. The number of aromatic nitrogens is 1. The summed E-state index contributed by atoms with van der Waals surface area (Å²) in [4.78, 5) is 33.2. The number of nitrogens with two attached hydrogens (primary N) is 1. The molecule has 0 bridgehead atoms. The first-order valence-corrected chi connectivity index (χ1v) is 11.6. The van der Waals surface area contributed by atoms with Crippen molar-refractivity contribution < 1.29 is 9.59 Å². The van der Waals surface area contributed by atoms with Crippen molar-refractivity contribution in [1.82, 2.24) is 20.1 Å². The number of unbranched alkanes of at least 4 members (excludes halogenated alkanes) is 3. The van der Waals surface area contributed by atoms with E-state index in [1.165, 1.54) is 24.2 Å². The molecule has 0 aromatic carbocycles. The van der Waals surface area contributed by atoms with Gasteiger partial charge in [0, 0.05) is 43.1 Å². The fraction of sp³-hybridized carbons (Fsp3) is 0.500. The molecule has 0 radical (unpaired) electrons. The van der Waals surface area contributed by atoms with Crippen LogP contribution in [0.4, 0.5) is 16.2 Å². The average molecular weight is 447 g/mol. The van der Waals surface area contributed by atoms with Gasteiger partial charge in [0.1, 0.15) is 5.69 Å². The Morgan fingerprint density at radius 2 is 1.94 bits per heavy atom. The molecule has 2 rings (SSSR count). The number of carbonyl (C=O) groups excluding carboxylic acids is 2. The monoisotopic (exact) mass is 446 g/mol. The molecule has 9 heteroatoms. The van der Waals surface area contributed by atoms with Gasteiger partial charge in [-0.25, -0.2) is 4.79 Å². The van der Waals surface area contributed by atoms with Gasteiger partial charge in [0.25, 0.3) is 5.91 Å². The number of anilines is 2. The molecular weight excluding hydrogens is 412 g/mol. The molecule has 0 saturated carbocycles. The average Bonchev–Trinajstić information content (AvgIpc) is 3.15. The summed E-state index contributed by atoms with van der Waals surface area (Å²) in [7, 11) is 3.96. The molecule has 0 aliphatic rings. The maximum absolute atomic E-state index is 12.7. The van der Waals surface area contributed by atoms with Gasteiger partial charge in [0.05, 0.1) is 11.4 Å². The van der Waals surface area contributed by atoms with Crippen LogP contribution in [-0.2, 0) is 6.54 Å². The van der Waals surface area contributed by atoms with Gasteiger partial charge in [0.15, 0.2) is 0 Å². The van der Waals surface area contributed by atoms with Crippen molar-refractivity contribution in [3.63, 3.8) is 0 Å². The molecular formula is C22H34N6O2S. The van der Waals surface area contributed by atoms with Gasteiger partial charge in [-0.3, -0.25) is 9.78 Å². The van der Waals surface area contributed by atoms with Crippen LogP contribution >= 0.6 is 11.3 Å². The zero-order valence-electron chi connectivity index (χ0n) is 18.7. The smallest absolute Gasteiger partial charge is 0.317 e. The number of nitrogen functional groups attached to an aromatic ring is 1. The lowest BCUT2D eigenvalue weighted by atomic mass is 10.2. The number of nitrogens with zero attached hydrogens (tertiary/aromatic N) is 3. The summed E-state index contributed by atoms with van der Waals surface area (Å²) in [5, 5.41) is 9.33. The lowest BCUT2D eigenvalue weighted by molar-refractivity contribution is 0.102. The van der Waals surface area contributed by atoms with Crippen LogP contribution in [0, 0.1) is 0 Å². The fourth-order valence-corrected chi connectivity index (χ4v) is 3.57. The first kappa shape index (κ1) is 24.6. The van der Waals surface area contributed by atoms with Gasteiger partial charge in [0.2, 0.25) is 0 Å². The van der Waals surface area contributed by atoms with Gasteiger partial charge in [-0.05, 0) is 32.1 Å². The summed E-state index contributed by atoms with van der Waals surface area (Å²) >= 11 is 1.42. The van der Waals surface area contributed by atoms with Gasteiger partial charge in [-0.15, -0.1) is 11.3 Å². The summed E-state index contributed by atoms with van der Waals surface area (Å²) < 4.78 is 0. The second-order valence-electron chi connectivity index (χ2n) is 7.76. The Balaban J connectivity index is 1.95. The number of carbonyl (C=O) groups is 2. The van der Waals surface area contributed by atoms with Crippen molar-refractivity contribution >= 4 is 34.6 Å². The topological polar surface area (TPSA) is 104 Å². The molecule has 2 aromatic heterocycles. The van der Waals surface area contributed by atoms with Crippen LogP contribution in [0.5, 0.6) is 0 Å². The third kappa shape index (κ3) is 8.55. The molecule has 0 aliphatic carbocycles. The van der Waals surface area contributed by atoms with Crippen molar-refractivity contribution in [2.75, 3.05) is 44.8 Å². The first-order valence-electron chi connectivity index (χ1n) is 10.7. The van der Waals surface area contributed by atoms with Gasteiger partial charge in [-0.2, -0.15) is 0 Å². The predicted molar refractivity (Wildman–Crippen MR) is 127 cm³/mol. The highest BCUT2D eigenvalue weighted by Gasteiger charge is 2.15. The maximum Gasteiger partial charge on any atom is 0.317 e. The Morgan fingerprint density at radius 1 is 1.13 bits per heavy atom. The molecule has 2 aromatic rings. The highest BCUT2D eigenvalue weighted by atomic mass is 32.1. The van der Waals surface area contributed by atoms with E-state index in [4.69, 9.17) is 5.73 Å². The minimum absolute atomic E-state index is 0.0758. The zero-order chi connectivity index (χ0) is 22.6. The quantitative estimate of drug-likeness (QED) is 0.432. The van der Waals surface area contributed by atoms with E-state index in [0.29, 0.717) is 36.7 Å². The molecule has 0 saturated heterocycles. The van der Waals surface area contributed by atoms with E-state index in [-0.39, 0.29) is 11.9 Å². The summed E-state index contributed by atoms with van der Waals surface area (Å²) in [5.41, 5.74) is 8.10. The Hall–Kier alpha value is -2.65. The summed E-state index contributed by atoms with van der Waals surface area (Å²) in [6.45, 7) is 4.65. The van der Waals surface area contributed by atoms with Crippen LogP contribution in [0.15, 0.2) is 29.1 Å². The maximum atomic E-state index is 12.7. The summed E-state index contributed by atoms with van der Waals surface area (Å²) in [5.74, 6) is -0.314. The lowest BCUT2D eigenvalue weighted by Gasteiger charge is -2.25. The van der Waals surface area contributed by atoms with E-state index < -0.39 is 0 Å². The van der Waals surface area contributed by atoms with Crippen LogP contribution < -0.4 is 16.4 Å². The lowest BCUT2D eigenvalue weighted by Crippen LogP contribution is -2.43. The molecule has 170 valence electrons. The molecule has 0 aliphatic heterocycles. The molecule has 0 fully saturated rings. The van der Waals surface area contributed by atoms with E-state index in [9.17, 15) is 9.59 Å². The van der Waals surface area contributed by atoms with Crippen molar-refractivity contribution in [3.05, 3.63) is 40.3 Å². The van der Waals surface area contributed by atoms with Crippen LogP contribution in [0.2, 0.25) is 0 Å². The standard InChI is InChI=1S/C22H34N6O2S/c1-4-5-6-7-10-24-22(30)28(12-11-27(2)3)14-17-8-9-19(25-13-17)21(29)26-20-16-31-15-18(20)23/h8-9,13,15-16H,4-7,10-12,14,23H2,1-3H3,(H,24,30)(H,26,29). The van der Waals surface area contributed by atoms with Gasteiger partial charge >= 0.3 is 6.03 Å². The van der Waals surface area contributed by atoms with Crippen LogP contribution in [0.3, 0.4) is 0 Å². The van der Waals surface area contributed by atoms with Crippen LogP contribution in [0.1, 0.15) is 48.7 Å². The molecule has 4 N–H and O–H groups in total. The van der Waals surface area contributed by atoms with E-state index in [2.05, 4.69) is 22.5 Å². The number of hydrogen-bond acceptors (Lipinski definition) is 6. The van der Waals surface area contributed by atoms with E-state index >= 15 is 0 Å². The number of thiophene rings is 1. The number of likely N-dealkylation sites (N-methyl/N-ethyl adjacent to an activating group) is 1. The number of amides is 3. The number of hydrogen-bond donors (Lipinski definition) is 3. The Bertz CT molecular complexity index is 822. The summed E-state index contributed by atoms with van der Waals surface area (Å²) in [6, 6.07) is 3.42. The highest BCUT2D eigenvalue weighted by molar-refractivity contribution is 7.09. The van der Waals surface area contributed by atoms with Crippen LogP contribution in [0.25, 0.3) is 0 Å². The number of nitrogens with one attached hydrogen (secondary N) is 2. The highest BCUT2D eigenvalue weighted by Crippen LogP contribution is 2.23. The molecule has 31 heavy (non-hydrogen) atoms. The van der Waals surface area contributed by atoms with E-state index in [1.54, 1.807) is 27.9 Å². The third-order valence-corrected chi connectivity index (χ3v) is 5.54. The number of urea groups is 1. The Kier molecular flexibility index (Phi) is 10.3. The SMILES string of the molecule is CCCCCCNC(=O)N(CCN(C)C)Cc1ccc(C(=O)Nc2cscc2N)nc1. The predicted octanol–water partition coefficient (Wildman–Crippen LogP) is 3.63. The third-order valence-electron chi connectivity index (χ3n) is 4.78. The Labute approximate surface area is 188 Å². The molecule has 0 atom stereocenters. The van der Waals surface area contributed by atoms with E-state index in [1.807, 2.05) is 25.1 Å². The van der Waals surface area contributed by atoms with Crippen molar-refractivity contribution in [3.8, 4) is 0 Å². The molecule has 3 amide bonds. The number of pyridine rings is 1.